The molecule has 18 heavy (non-hydrogen) atoms. The molecular weight excluding hydrogens is 240 g/mol. The van der Waals surface area contributed by atoms with Crippen LogP contribution in [0.4, 0.5) is 8.78 Å². The molecule has 100 valence electrons. The summed E-state index contributed by atoms with van der Waals surface area (Å²) in [6.45, 7) is 0.509. The maximum absolute atomic E-state index is 13.3. The molecule has 0 radical (unpaired) electrons. The van der Waals surface area contributed by atoms with Gasteiger partial charge in [-0.2, -0.15) is 0 Å². The molecule has 0 aromatic heterocycles. The van der Waals surface area contributed by atoms with Gasteiger partial charge in [-0.25, -0.2) is 8.78 Å². The average molecular weight is 257 g/mol. The number of Topliss-reactive ketones (excluding diaryl/α,β-unsaturated/α-hetero) is 1. The highest BCUT2D eigenvalue weighted by atomic mass is 19.1. The van der Waals surface area contributed by atoms with E-state index < -0.39 is 17.7 Å². The van der Waals surface area contributed by atoms with E-state index in [4.69, 9.17) is 10.5 Å². The van der Waals surface area contributed by atoms with Crippen molar-refractivity contribution < 1.29 is 18.3 Å². The summed E-state index contributed by atoms with van der Waals surface area (Å²) >= 11 is 0. The highest BCUT2D eigenvalue weighted by Crippen LogP contribution is 2.14. The summed E-state index contributed by atoms with van der Waals surface area (Å²) < 4.78 is 31.5. The van der Waals surface area contributed by atoms with Crippen LogP contribution in [0.2, 0.25) is 0 Å². The fourth-order valence-corrected chi connectivity index (χ4v) is 1.62. The van der Waals surface area contributed by atoms with Gasteiger partial charge >= 0.3 is 0 Å². The van der Waals surface area contributed by atoms with E-state index in [9.17, 15) is 13.6 Å². The Labute approximate surface area is 105 Å². The molecule has 0 aliphatic heterocycles. The Morgan fingerprint density at radius 1 is 1.39 bits per heavy atom. The van der Waals surface area contributed by atoms with Gasteiger partial charge in [0.05, 0.1) is 6.04 Å². The van der Waals surface area contributed by atoms with Crippen LogP contribution >= 0.6 is 0 Å². The second kappa shape index (κ2) is 7.18. The number of ether oxygens (including phenoxy) is 1. The lowest BCUT2D eigenvalue weighted by atomic mass is 10.0. The minimum Gasteiger partial charge on any atom is -0.385 e. The number of carbonyl (C=O) groups excluding carboxylic acids is 1. The zero-order valence-corrected chi connectivity index (χ0v) is 10.3. The van der Waals surface area contributed by atoms with E-state index in [1.807, 2.05) is 0 Å². The lowest BCUT2D eigenvalue weighted by Gasteiger charge is -2.11. The first-order chi connectivity index (χ1) is 8.56. The zero-order chi connectivity index (χ0) is 13.5. The van der Waals surface area contributed by atoms with Crippen molar-refractivity contribution in [3.63, 3.8) is 0 Å². The van der Waals surface area contributed by atoms with Gasteiger partial charge in [-0.3, -0.25) is 4.79 Å². The van der Waals surface area contributed by atoms with Crippen LogP contribution in [0.15, 0.2) is 18.2 Å². The molecule has 0 fully saturated rings. The van der Waals surface area contributed by atoms with Crippen molar-refractivity contribution in [3.8, 4) is 0 Å². The molecule has 0 heterocycles. The topological polar surface area (TPSA) is 52.3 Å². The molecule has 1 atom stereocenters. The highest BCUT2D eigenvalue weighted by Gasteiger charge is 2.18. The van der Waals surface area contributed by atoms with Crippen LogP contribution in [0.1, 0.15) is 18.4 Å². The van der Waals surface area contributed by atoms with Gasteiger partial charge in [0.1, 0.15) is 11.6 Å². The number of rotatable bonds is 7. The highest BCUT2D eigenvalue weighted by molar-refractivity contribution is 5.85. The van der Waals surface area contributed by atoms with Gasteiger partial charge in [0.25, 0.3) is 0 Å². The molecule has 1 aromatic rings. The zero-order valence-electron chi connectivity index (χ0n) is 10.3. The van der Waals surface area contributed by atoms with E-state index in [1.165, 1.54) is 6.07 Å². The molecule has 3 nitrogen and oxygen atoms in total. The first-order valence-corrected chi connectivity index (χ1v) is 5.76. The first kappa shape index (κ1) is 14.7. The Balaban J connectivity index is 2.58. The van der Waals surface area contributed by atoms with Crippen molar-refractivity contribution in [2.45, 2.75) is 25.3 Å². The maximum atomic E-state index is 13.3. The molecule has 2 N–H and O–H groups in total. The molecule has 1 unspecified atom stereocenters. The van der Waals surface area contributed by atoms with Gasteiger partial charge in [-0.1, -0.05) is 6.07 Å². The molecule has 0 aliphatic rings. The Morgan fingerprint density at radius 2 is 2.00 bits per heavy atom. The minimum atomic E-state index is -0.715. The van der Waals surface area contributed by atoms with Crippen molar-refractivity contribution in [1.29, 1.82) is 0 Å². The van der Waals surface area contributed by atoms with Gasteiger partial charge in [0.2, 0.25) is 0 Å². The predicted octanol–water partition coefficient (Wildman–Crippen LogP) is 1.83. The van der Waals surface area contributed by atoms with Crippen LogP contribution in [-0.4, -0.2) is 25.5 Å². The molecule has 0 aliphatic carbocycles. The quantitative estimate of drug-likeness (QED) is 0.758. The normalized spacial score (nSPS) is 12.4. The monoisotopic (exact) mass is 257 g/mol. The fourth-order valence-electron chi connectivity index (χ4n) is 1.62. The van der Waals surface area contributed by atoms with Crippen molar-refractivity contribution in [1.82, 2.24) is 0 Å². The minimum absolute atomic E-state index is 0.218. The summed E-state index contributed by atoms with van der Waals surface area (Å²) in [6, 6.07) is 2.81. The van der Waals surface area contributed by atoms with E-state index in [-0.39, 0.29) is 17.8 Å². The number of ketones is 1. The van der Waals surface area contributed by atoms with Crippen molar-refractivity contribution >= 4 is 5.78 Å². The third kappa shape index (κ3) is 4.16. The van der Waals surface area contributed by atoms with E-state index in [0.29, 0.717) is 19.4 Å². The van der Waals surface area contributed by atoms with E-state index in [2.05, 4.69) is 0 Å². The molecule has 1 rings (SSSR count). The van der Waals surface area contributed by atoms with Gasteiger partial charge in [0, 0.05) is 25.7 Å². The average Bonchev–Trinajstić information content (AvgIpc) is 2.34. The Bertz CT molecular complexity index is 390. The van der Waals surface area contributed by atoms with Crippen LogP contribution < -0.4 is 5.73 Å². The number of halogens is 2. The first-order valence-electron chi connectivity index (χ1n) is 5.76. The third-order valence-corrected chi connectivity index (χ3v) is 2.69. The second-order valence-electron chi connectivity index (χ2n) is 4.08. The van der Waals surface area contributed by atoms with Crippen molar-refractivity contribution in [3.05, 3.63) is 35.4 Å². The number of carbonyl (C=O) groups is 1. The second-order valence-corrected chi connectivity index (χ2v) is 4.08. The van der Waals surface area contributed by atoms with E-state index in [1.54, 1.807) is 7.11 Å². The van der Waals surface area contributed by atoms with E-state index >= 15 is 0 Å². The Kier molecular flexibility index (Phi) is 5.88. The van der Waals surface area contributed by atoms with Crippen LogP contribution in [0.25, 0.3) is 0 Å². The van der Waals surface area contributed by atoms with Crippen LogP contribution in [-0.2, 0) is 16.0 Å². The molecule has 0 spiro atoms. The van der Waals surface area contributed by atoms with Crippen LogP contribution in [0.3, 0.4) is 0 Å². The van der Waals surface area contributed by atoms with Crippen LogP contribution in [0.5, 0.6) is 0 Å². The number of hydrogen-bond donors (Lipinski definition) is 1. The smallest absolute Gasteiger partial charge is 0.154 e. The van der Waals surface area contributed by atoms with E-state index in [0.717, 1.165) is 12.1 Å². The molecule has 5 heteroatoms. The molecular formula is C13H17F2NO2. The molecule has 1 aromatic carbocycles. The van der Waals surface area contributed by atoms with Gasteiger partial charge < -0.3 is 10.5 Å². The summed E-state index contributed by atoms with van der Waals surface area (Å²) in [5.41, 5.74) is 5.44. The Morgan fingerprint density at radius 3 is 2.56 bits per heavy atom. The molecule has 0 amide bonds. The lowest BCUT2D eigenvalue weighted by Crippen LogP contribution is -2.32. The number of methoxy groups -OCH3 is 1. The SMILES string of the molecule is COCCCC(N)C(=O)Cc1c(F)cccc1F. The summed E-state index contributed by atoms with van der Waals surface area (Å²) in [6.07, 6.45) is 0.776. The van der Waals surface area contributed by atoms with Crippen LogP contribution in [0, 0.1) is 11.6 Å². The summed E-state index contributed by atoms with van der Waals surface area (Å²) in [4.78, 5) is 11.7. The number of hydrogen-bond acceptors (Lipinski definition) is 3. The number of nitrogens with two attached hydrogens (primary N) is 1. The number of benzene rings is 1. The maximum Gasteiger partial charge on any atom is 0.154 e. The summed E-state index contributed by atoms with van der Waals surface area (Å²) in [5, 5.41) is 0. The Hall–Kier alpha value is -1.33. The molecule has 0 saturated heterocycles. The standard InChI is InChI=1S/C13H17F2NO2/c1-18-7-3-6-12(16)13(17)8-9-10(14)4-2-5-11(9)15/h2,4-5,12H,3,6-8,16H2,1H3. The largest absolute Gasteiger partial charge is 0.385 e. The summed E-state index contributed by atoms with van der Waals surface area (Å²) in [5.74, 6) is -1.80. The lowest BCUT2D eigenvalue weighted by molar-refractivity contribution is -0.119. The predicted molar refractivity (Wildman–Crippen MR) is 64.2 cm³/mol. The van der Waals surface area contributed by atoms with Crippen molar-refractivity contribution in [2.75, 3.05) is 13.7 Å². The van der Waals surface area contributed by atoms with Gasteiger partial charge in [0.15, 0.2) is 5.78 Å². The molecule has 0 bridgehead atoms. The van der Waals surface area contributed by atoms with Crippen molar-refractivity contribution in [2.24, 2.45) is 5.73 Å². The fraction of sp³-hybridized carbons (Fsp3) is 0.462. The summed E-state index contributed by atoms with van der Waals surface area (Å²) in [7, 11) is 1.56. The molecule has 0 saturated carbocycles. The third-order valence-electron chi connectivity index (χ3n) is 2.69. The van der Waals surface area contributed by atoms with Gasteiger partial charge in [-0.05, 0) is 25.0 Å². The van der Waals surface area contributed by atoms with Gasteiger partial charge in [-0.15, -0.1) is 0 Å².